The molecule has 112 valence electrons. The summed E-state index contributed by atoms with van der Waals surface area (Å²) in [5.41, 5.74) is 0. The van der Waals surface area contributed by atoms with Crippen LogP contribution in [0.5, 0.6) is 0 Å². The van der Waals surface area contributed by atoms with Crippen molar-refractivity contribution in [3.8, 4) is 0 Å². The maximum atomic E-state index is 11.9. The normalized spacial score (nSPS) is 21.9. The van der Waals surface area contributed by atoms with E-state index in [0.717, 1.165) is 0 Å². The van der Waals surface area contributed by atoms with Gasteiger partial charge in [-0.3, -0.25) is 0 Å². The summed E-state index contributed by atoms with van der Waals surface area (Å²) >= 11 is 0.662. The Morgan fingerprint density at radius 1 is 1.45 bits per heavy atom. The van der Waals surface area contributed by atoms with Gasteiger partial charge in [0.1, 0.15) is 9.09 Å². The minimum Gasteiger partial charge on any atom is -0.477 e. The van der Waals surface area contributed by atoms with Crippen molar-refractivity contribution < 1.29 is 26.7 Å². The average Bonchev–Trinajstić information content (AvgIpc) is 2.93. The lowest BCUT2D eigenvalue weighted by molar-refractivity contribution is 0.0702. The zero-order chi connectivity index (χ0) is 15.0. The molecule has 0 saturated carbocycles. The highest BCUT2D eigenvalue weighted by Gasteiger charge is 2.29. The van der Waals surface area contributed by atoms with Crippen molar-refractivity contribution in [3.05, 3.63) is 17.0 Å². The fourth-order valence-electron chi connectivity index (χ4n) is 1.91. The Morgan fingerprint density at radius 3 is 2.65 bits per heavy atom. The summed E-state index contributed by atoms with van der Waals surface area (Å²) in [6.07, 6.45) is 0.440. The van der Waals surface area contributed by atoms with Crippen LogP contribution in [-0.4, -0.2) is 46.0 Å². The van der Waals surface area contributed by atoms with Crippen LogP contribution in [0, 0.1) is 5.92 Å². The first-order chi connectivity index (χ1) is 9.20. The topological polar surface area (TPSA) is 118 Å². The van der Waals surface area contributed by atoms with Crippen LogP contribution in [0.15, 0.2) is 16.3 Å². The highest BCUT2D eigenvalue weighted by molar-refractivity contribution is 7.92. The van der Waals surface area contributed by atoms with Crippen molar-refractivity contribution in [3.63, 3.8) is 0 Å². The van der Waals surface area contributed by atoms with Gasteiger partial charge in [-0.2, -0.15) is 0 Å². The number of hydrogen-bond donors (Lipinski definition) is 2. The summed E-state index contributed by atoms with van der Waals surface area (Å²) in [4.78, 5) is 10.6. The molecule has 1 aliphatic heterocycles. The third-order valence-electron chi connectivity index (χ3n) is 2.95. The summed E-state index contributed by atoms with van der Waals surface area (Å²) in [7, 11) is -6.83. The number of thiophene rings is 1. The minimum absolute atomic E-state index is 0.0136. The van der Waals surface area contributed by atoms with Crippen LogP contribution >= 0.6 is 11.3 Å². The Kier molecular flexibility index (Phi) is 4.19. The maximum Gasteiger partial charge on any atom is 0.345 e. The molecule has 1 unspecified atom stereocenters. The third-order valence-corrected chi connectivity index (χ3v) is 7.77. The Morgan fingerprint density at radius 2 is 2.15 bits per heavy atom. The van der Waals surface area contributed by atoms with Crippen LogP contribution in [0.3, 0.4) is 0 Å². The molecule has 0 aliphatic carbocycles. The number of rotatable bonds is 5. The summed E-state index contributed by atoms with van der Waals surface area (Å²) in [5, 5.41) is 8.75. The minimum atomic E-state index is -3.79. The van der Waals surface area contributed by atoms with Gasteiger partial charge < -0.3 is 5.11 Å². The number of carboxylic acids is 1. The van der Waals surface area contributed by atoms with E-state index >= 15 is 0 Å². The lowest BCUT2D eigenvalue weighted by Crippen LogP contribution is -2.29. The Hall–Kier alpha value is -0.970. The summed E-state index contributed by atoms with van der Waals surface area (Å²) in [6.45, 7) is 0.0435. The van der Waals surface area contributed by atoms with Crippen LogP contribution in [-0.2, 0) is 19.9 Å². The first kappa shape index (κ1) is 15.4. The first-order valence-electron chi connectivity index (χ1n) is 5.73. The van der Waals surface area contributed by atoms with E-state index in [1.165, 1.54) is 12.1 Å². The molecule has 0 amide bonds. The molecule has 1 atom stereocenters. The standard InChI is InChI=1S/C10H13NO6S3/c12-10(13)8-1-2-9(18-8)20(16,17)11-5-7-3-4-19(14,15)6-7/h1-2,7,11H,3-6H2,(H,12,13). The van der Waals surface area contributed by atoms with Crippen molar-refractivity contribution in [2.75, 3.05) is 18.1 Å². The monoisotopic (exact) mass is 339 g/mol. The second kappa shape index (κ2) is 5.43. The molecular formula is C10H13NO6S3. The van der Waals surface area contributed by atoms with E-state index in [1.807, 2.05) is 0 Å². The molecule has 0 aromatic carbocycles. The number of sulfonamides is 1. The lowest BCUT2D eigenvalue weighted by Gasteiger charge is -2.08. The fourth-order valence-corrected chi connectivity index (χ4v) is 6.08. The van der Waals surface area contributed by atoms with Gasteiger partial charge in [0, 0.05) is 6.54 Å². The van der Waals surface area contributed by atoms with E-state index in [0.29, 0.717) is 17.8 Å². The first-order valence-corrected chi connectivity index (χ1v) is 9.85. The Bertz CT molecular complexity index is 718. The molecule has 20 heavy (non-hydrogen) atoms. The summed E-state index contributed by atoms with van der Waals surface area (Å²) < 4.78 is 48.7. The molecule has 0 radical (unpaired) electrons. The molecule has 7 nitrogen and oxygen atoms in total. The largest absolute Gasteiger partial charge is 0.477 e. The van der Waals surface area contributed by atoms with E-state index in [-0.39, 0.29) is 33.1 Å². The Labute approximate surface area is 120 Å². The van der Waals surface area contributed by atoms with Crippen LogP contribution < -0.4 is 4.72 Å². The van der Waals surface area contributed by atoms with Crippen LogP contribution in [0.4, 0.5) is 0 Å². The van der Waals surface area contributed by atoms with Gasteiger partial charge >= 0.3 is 5.97 Å². The van der Waals surface area contributed by atoms with Crippen LogP contribution in [0.2, 0.25) is 0 Å². The zero-order valence-electron chi connectivity index (χ0n) is 10.3. The van der Waals surface area contributed by atoms with Gasteiger partial charge in [0.2, 0.25) is 10.0 Å². The van der Waals surface area contributed by atoms with E-state index in [2.05, 4.69) is 4.72 Å². The molecule has 2 rings (SSSR count). The molecule has 1 aromatic rings. The van der Waals surface area contributed by atoms with Crippen LogP contribution in [0.1, 0.15) is 16.1 Å². The van der Waals surface area contributed by atoms with Gasteiger partial charge in [-0.25, -0.2) is 26.4 Å². The molecule has 1 saturated heterocycles. The van der Waals surface area contributed by atoms with Gasteiger partial charge in [-0.1, -0.05) is 0 Å². The number of carboxylic acid groups (broad SMARTS) is 1. The molecule has 1 aromatic heterocycles. The lowest BCUT2D eigenvalue weighted by atomic mass is 10.1. The second-order valence-corrected chi connectivity index (χ2v) is 9.85. The van der Waals surface area contributed by atoms with Crippen LogP contribution in [0.25, 0.3) is 0 Å². The van der Waals surface area contributed by atoms with E-state index < -0.39 is 25.8 Å². The fraction of sp³-hybridized carbons (Fsp3) is 0.500. The highest BCUT2D eigenvalue weighted by atomic mass is 32.2. The van der Waals surface area contributed by atoms with Crippen molar-refractivity contribution in [1.29, 1.82) is 0 Å². The van der Waals surface area contributed by atoms with Crippen molar-refractivity contribution in [1.82, 2.24) is 4.72 Å². The van der Waals surface area contributed by atoms with E-state index in [9.17, 15) is 21.6 Å². The average molecular weight is 339 g/mol. The zero-order valence-corrected chi connectivity index (χ0v) is 12.7. The molecule has 1 fully saturated rings. The predicted octanol–water partition coefficient (Wildman–Crippen LogP) is 0.159. The predicted molar refractivity (Wildman–Crippen MR) is 73.2 cm³/mol. The smallest absolute Gasteiger partial charge is 0.345 e. The van der Waals surface area contributed by atoms with E-state index in [1.54, 1.807) is 0 Å². The molecule has 2 heterocycles. The Balaban J connectivity index is 2.02. The molecule has 0 bridgehead atoms. The van der Waals surface area contributed by atoms with Gasteiger partial charge in [-0.15, -0.1) is 11.3 Å². The van der Waals surface area contributed by atoms with E-state index in [4.69, 9.17) is 5.11 Å². The highest BCUT2D eigenvalue weighted by Crippen LogP contribution is 2.22. The number of hydrogen-bond acceptors (Lipinski definition) is 6. The van der Waals surface area contributed by atoms with Gasteiger partial charge in [-0.05, 0) is 24.5 Å². The number of carbonyl (C=O) groups is 1. The molecule has 0 spiro atoms. The van der Waals surface area contributed by atoms with Crippen molar-refractivity contribution >= 4 is 37.2 Å². The number of aromatic carboxylic acids is 1. The molecule has 10 heteroatoms. The molecule has 1 aliphatic rings. The summed E-state index contributed by atoms with van der Waals surface area (Å²) in [5.74, 6) is -1.34. The quantitative estimate of drug-likeness (QED) is 0.789. The molecule has 2 N–H and O–H groups in total. The van der Waals surface area contributed by atoms with Gasteiger partial charge in [0.25, 0.3) is 0 Å². The van der Waals surface area contributed by atoms with Crippen molar-refractivity contribution in [2.24, 2.45) is 5.92 Å². The van der Waals surface area contributed by atoms with Gasteiger partial charge in [0.05, 0.1) is 11.5 Å². The summed E-state index contributed by atoms with van der Waals surface area (Å²) in [6, 6.07) is 2.45. The SMILES string of the molecule is O=C(O)c1ccc(S(=O)(=O)NCC2CCS(=O)(=O)C2)s1. The second-order valence-electron chi connectivity index (χ2n) is 4.54. The maximum absolute atomic E-state index is 11.9. The number of nitrogens with one attached hydrogen (secondary N) is 1. The van der Waals surface area contributed by atoms with Gasteiger partial charge in [0.15, 0.2) is 9.84 Å². The molecular weight excluding hydrogens is 326 g/mol. The number of sulfone groups is 1. The third kappa shape index (κ3) is 3.57. The van der Waals surface area contributed by atoms with Crippen molar-refractivity contribution in [2.45, 2.75) is 10.6 Å².